The topological polar surface area (TPSA) is 29.1 Å². The van der Waals surface area contributed by atoms with Crippen molar-refractivity contribution in [3.63, 3.8) is 0 Å². The molecule has 0 radical (unpaired) electrons. The molecule has 88 valence electrons. The largest absolute Gasteiger partial charge is 0.316 e. The molecular formula is C12H23NOS. The molecular weight excluding hydrogens is 206 g/mol. The maximum absolute atomic E-state index is 11.3. The Morgan fingerprint density at radius 2 is 2.00 bits per heavy atom. The van der Waals surface area contributed by atoms with Crippen LogP contribution < -0.4 is 5.32 Å². The van der Waals surface area contributed by atoms with Crippen molar-refractivity contribution in [2.24, 2.45) is 0 Å². The molecule has 0 aliphatic rings. The van der Waals surface area contributed by atoms with Crippen LogP contribution in [0.15, 0.2) is 35.3 Å². The number of nitrogens with one attached hydrogen (secondary N) is 1. The molecule has 0 aliphatic carbocycles. The smallest absolute Gasteiger partial charge is 0.0501 e. The molecule has 15 heavy (non-hydrogen) atoms. The molecule has 0 aromatic heterocycles. The lowest BCUT2D eigenvalue weighted by molar-refractivity contribution is 0.690. The van der Waals surface area contributed by atoms with Gasteiger partial charge in [-0.25, -0.2) is 0 Å². The summed E-state index contributed by atoms with van der Waals surface area (Å²) in [5.41, 5.74) is 1.03. The Balaban J connectivity index is 0. The quantitative estimate of drug-likeness (QED) is 0.734. The third kappa shape index (κ3) is 7.28. The van der Waals surface area contributed by atoms with Crippen molar-refractivity contribution in [3.8, 4) is 0 Å². The van der Waals surface area contributed by atoms with Crippen LogP contribution in [0.5, 0.6) is 0 Å². The molecule has 1 atom stereocenters. The van der Waals surface area contributed by atoms with E-state index in [9.17, 15) is 4.21 Å². The molecule has 1 unspecified atom stereocenters. The zero-order chi connectivity index (χ0) is 12.3. The third-order valence-corrected chi connectivity index (χ3v) is 2.59. The number of hydrogen-bond acceptors (Lipinski definition) is 2. The van der Waals surface area contributed by atoms with Crippen molar-refractivity contribution < 1.29 is 4.21 Å². The average molecular weight is 229 g/mol. The minimum Gasteiger partial charge on any atom is -0.316 e. The first-order chi connectivity index (χ1) is 7.17. The summed E-state index contributed by atoms with van der Waals surface area (Å²) in [4.78, 5) is 0.799. The fourth-order valence-corrected chi connectivity index (χ4v) is 1.80. The Hall–Kier alpha value is -0.670. The molecule has 0 rings (SSSR count). The second kappa shape index (κ2) is 11.4. The van der Waals surface area contributed by atoms with Gasteiger partial charge >= 0.3 is 0 Å². The normalized spacial score (nSPS) is 13.9. The molecule has 0 saturated carbocycles. The van der Waals surface area contributed by atoms with Crippen LogP contribution in [0.2, 0.25) is 0 Å². The van der Waals surface area contributed by atoms with Crippen molar-refractivity contribution in [2.75, 3.05) is 19.8 Å². The minimum atomic E-state index is -0.966. The molecule has 2 nitrogen and oxygen atoms in total. The van der Waals surface area contributed by atoms with Gasteiger partial charge < -0.3 is 5.32 Å². The summed E-state index contributed by atoms with van der Waals surface area (Å²) in [5, 5.41) is 3.03. The van der Waals surface area contributed by atoms with Crippen LogP contribution >= 0.6 is 0 Å². The van der Waals surface area contributed by atoms with E-state index in [4.69, 9.17) is 0 Å². The second-order valence-electron chi connectivity index (χ2n) is 2.58. The summed E-state index contributed by atoms with van der Waals surface area (Å²) in [6, 6.07) is 0. The highest BCUT2D eigenvalue weighted by Gasteiger charge is 2.03. The van der Waals surface area contributed by atoms with Gasteiger partial charge in [-0.3, -0.25) is 4.21 Å². The van der Waals surface area contributed by atoms with Crippen LogP contribution in [-0.2, 0) is 10.8 Å². The fraction of sp³-hybridized carbons (Fsp3) is 0.500. The van der Waals surface area contributed by atoms with E-state index in [0.29, 0.717) is 6.54 Å². The zero-order valence-electron chi connectivity index (χ0n) is 10.5. The van der Waals surface area contributed by atoms with Crippen LogP contribution in [0.4, 0.5) is 0 Å². The van der Waals surface area contributed by atoms with Gasteiger partial charge in [0.1, 0.15) is 0 Å². The van der Waals surface area contributed by atoms with Gasteiger partial charge in [0, 0.05) is 17.7 Å². The molecule has 0 aliphatic heterocycles. The van der Waals surface area contributed by atoms with Crippen molar-refractivity contribution in [2.45, 2.75) is 20.8 Å². The Bertz CT molecular complexity index is 254. The summed E-state index contributed by atoms with van der Waals surface area (Å²) >= 11 is 0. The van der Waals surface area contributed by atoms with Crippen LogP contribution in [0, 0.1) is 0 Å². The van der Waals surface area contributed by atoms with E-state index >= 15 is 0 Å². The molecule has 0 aromatic carbocycles. The molecule has 3 heteroatoms. The van der Waals surface area contributed by atoms with Gasteiger partial charge in [0.25, 0.3) is 0 Å². The Morgan fingerprint density at radius 1 is 1.47 bits per heavy atom. The van der Waals surface area contributed by atoms with E-state index in [1.54, 1.807) is 12.3 Å². The second-order valence-corrected chi connectivity index (χ2v) is 3.93. The van der Waals surface area contributed by atoms with E-state index in [-0.39, 0.29) is 0 Å². The van der Waals surface area contributed by atoms with Gasteiger partial charge in [0.15, 0.2) is 0 Å². The molecule has 0 aromatic rings. The molecule has 1 N–H and O–H groups in total. The zero-order valence-corrected chi connectivity index (χ0v) is 11.3. The lowest BCUT2D eigenvalue weighted by Crippen LogP contribution is -2.12. The fourth-order valence-electron chi connectivity index (χ4n) is 1.05. The number of hydrogen-bond donors (Lipinski definition) is 1. The van der Waals surface area contributed by atoms with Crippen molar-refractivity contribution >= 4 is 10.8 Å². The van der Waals surface area contributed by atoms with Gasteiger partial charge in [-0.05, 0) is 19.5 Å². The minimum absolute atomic E-state index is 0.714. The van der Waals surface area contributed by atoms with Crippen LogP contribution in [0.3, 0.4) is 0 Å². The van der Waals surface area contributed by atoms with E-state index in [0.717, 1.165) is 10.5 Å². The highest BCUT2D eigenvalue weighted by molar-refractivity contribution is 7.88. The lowest BCUT2D eigenvalue weighted by Gasteiger charge is -2.05. The monoisotopic (exact) mass is 229 g/mol. The third-order valence-electron chi connectivity index (χ3n) is 1.55. The summed E-state index contributed by atoms with van der Waals surface area (Å²) in [6.45, 7) is 10.3. The first kappa shape index (κ1) is 16.7. The highest BCUT2D eigenvalue weighted by atomic mass is 32.2. The number of rotatable bonds is 5. The number of likely N-dealkylation sites (N-methyl/N-ethyl adjacent to an activating group) is 1. The van der Waals surface area contributed by atoms with Crippen LogP contribution in [0.1, 0.15) is 20.8 Å². The average Bonchev–Trinajstić information content (AvgIpc) is 2.22. The Morgan fingerprint density at radius 3 is 2.27 bits per heavy atom. The van der Waals surface area contributed by atoms with Crippen molar-refractivity contribution in [3.05, 3.63) is 35.3 Å². The molecule has 0 fully saturated rings. The first-order valence-electron chi connectivity index (χ1n) is 5.13. The first-order valence-corrected chi connectivity index (χ1v) is 6.69. The van der Waals surface area contributed by atoms with E-state index in [2.05, 4.69) is 11.9 Å². The molecule has 0 amide bonds. The summed E-state index contributed by atoms with van der Waals surface area (Å²) in [6.07, 6.45) is 7.21. The predicted octanol–water partition coefficient (Wildman–Crippen LogP) is 2.63. The predicted molar refractivity (Wildman–Crippen MR) is 71.4 cm³/mol. The molecule has 0 heterocycles. The summed E-state index contributed by atoms with van der Waals surface area (Å²) in [7, 11) is 0.898. The lowest BCUT2D eigenvalue weighted by atomic mass is 10.2. The van der Waals surface area contributed by atoms with Gasteiger partial charge in [-0.15, -0.1) is 0 Å². The van der Waals surface area contributed by atoms with E-state index < -0.39 is 10.8 Å². The van der Waals surface area contributed by atoms with Gasteiger partial charge in [-0.2, -0.15) is 0 Å². The van der Waals surface area contributed by atoms with Gasteiger partial charge in [-0.1, -0.05) is 38.7 Å². The highest BCUT2D eigenvalue weighted by Crippen LogP contribution is 2.10. The van der Waals surface area contributed by atoms with Crippen LogP contribution in [-0.4, -0.2) is 24.1 Å². The van der Waals surface area contributed by atoms with Crippen LogP contribution in [0.25, 0.3) is 0 Å². The molecule has 0 spiro atoms. The van der Waals surface area contributed by atoms with Gasteiger partial charge in [0.05, 0.1) is 10.8 Å². The number of allylic oxidation sites excluding steroid dienone is 2. The van der Waals surface area contributed by atoms with Gasteiger partial charge in [0.2, 0.25) is 0 Å². The summed E-state index contributed by atoms with van der Waals surface area (Å²) in [5.74, 6) is 0. The van der Waals surface area contributed by atoms with Crippen molar-refractivity contribution in [1.82, 2.24) is 5.32 Å². The van der Waals surface area contributed by atoms with E-state index in [1.807, 2.05) is 40.0 Å². The summed E-state index contributed by atoms with van der Waals surface area (Å²) < 4.78 is 11.3. The molecule has 0 saturated heterocycles. The molecule has 0 bridgehead atoms. The Labute approximate surface area is 96.6 Å². The SMILES string of the molecule is C=C/C(=C(\C=C/C)CNC)S(C)=O.CC. The van der Waals surface area contributed by atoms with E-state index in [1.165, 1.54) is 0 Å². The van der Waals surface area contributed by atoms with Crippen molar-refractivity contribution in [1.29, 1.82) is 0 Å². The Kier molecular flexibility index (Phi) is 12.7. The maximum Gasteiger partial charge on any atom is 0.0501 e. The maximum atomic E-state index is 11.3. The standard InChI is InChI=1S/C10H17NOS.C2H6/c1-5-7-9(8-11-3)10(6-2)13(4)12;1-2/h5-7,11H,2,8H2,1,3-4H3;1-2H3/b7-5-,10-9-;.